The van der Waals surface area contributed by atoms with E-state index in [0.29, 0.717) is 18.8 Å². The molecule has 0 saturated carbocycles. The molecule has 0 unspecified atom stereocenters. The Labute approximate surface area is 160 Å². The molecule has 0 aliphatic heterocycles. The lowest BCUT2D eigenvalue weighted by Gasteiger charge is -2.10. The lowest BCUT2D eigenvalue weighted by Crippen LogP contribution is -2.14. The van der Waals surface area contributed by atoms with E-state index < -0.39 is 21.7 Å². The third-order valence-corrected chi connectivity index (χ3v) is 5.28. The zero-order valence-electron chi connectivity index (χ0n) is 14.9. The van der Waals surface area contributed by atoms with E-state index in [2.05, 4.69) is 25.2 Å². The molecule has 3 rings (SSSR count). The van der Waals surface area contributed by atoms with Crippen molar-refractivity contribution in [3.63, 3.8) is 0 Å². The number of anilines is 2. The van der Waals surface area contributed by atoms with E-state index in [1.54, 1.807) is 6.33 Å². The van der Waals surface area contributed by atoms with E-state index in [1.807, 2.05) is 11.5 Å². The molecule has 0 aliphatic carbocycles. The maximum Gasteiger partial charge on any atom is 0.263 e. The second kappa shape index (κ2) is 8.30. The van der Waals surface area contributed by atoms with Gasteiger partial charge in [0.2, 0.25) is 0 Å². The zero-order chi connectivity index (χ0) is 20.1. The number of hydrogen-bond donors (Lipinski definition) is 2. The topological polar surface area (TPSA) is 102 Å². The van der Waals surface area contributed by atoms with Crippen molar-refractivity contribution in [1.29, 1.82) is 0 Å². The predicted molar refractivity (Wildman–Crippen MR) is 99.3 cm³/mol. The molecule has 2 N–H and O–H groups in total. The third-order valence-electron chi connectivity index (χ3n) is 3.91. The molecule has 0 bridgehead atoms. The Morgan fingerprint density at radius 3 is 2.64 bits per heavy atom. The van der Waals surface area contributed by atoms with Crippen molar-refractivity contribution in [3.8, 4) is 0 Å². The normalized spacial score (nSPS) is 11.4. The van der Waals surface area contributed by atoms with Crippen molar-refractivity contribution < 1.29 is 17.2 Å². The van der Waals surface area contributed by atoms with Gasteiger partial charge in [-0.05, 0) is 31.2 Å². The molecule has 0 atom stereocenters. The summed E-state index contributed by atoms with van der Waals surface area (Å²) in [6.45, 7) is 3.32. The number of aromatic nitrogens is 4. The minimum Gasteiger partial charge on any atom is -0.370 e. The van der Waals surface area contributed by atoms with E-state index in [9.17, 15) is 17.2 Å². The van der Waals surface area contributed by atoms with Gasteiger partial charge in [0.15, 0.2) is 11.6 Å². The largest absolute Gasteiger partial charge is 0.370 e. The molecule has 1 aromatic carbocycles. The Hall–Kier alpha value is -3.08. The molecule has 0 fully saturated rings. The second-order valence-electron chi connectivity index (χ2n) is 5.82. The SMILES string of the molecule is CCn1cnnc1CCNc1ccc(S(=O)(=O)Nc2ccc(F)c(F)c2)cn1. The fourth-order valence-electron chi connectivity index (χ4n) is 2.46. The molecule has 2 aromatic heterocycles. The van der Waals surface area contributed by atoms with Gasteiger partial charge in [-0.25, -0.2) is 22.2 Å². The van der Waals surface area contributed by atoms with Crippen LogP contribution in [0.25, 0.3) is 0 Å². The lowest BCUT2D eigenvalue weighted by molar-refractivity contribution is 0.509. The predicted octanol–water partition coefficient (Wildman–Crippen LogP) is 2.43. The Balaban J connectivity index is 1.61. The highest BCUT2D eigenvalue weighted by Gasteiger charge is 2.16. The van der Waals surface area contributed by atoms with Gasteiger partial charge in [-0.2, -0.15) is 0 Å². The van der Waals surface area contributed by atoms with Crippen molar-refractivity contribution in [3.05, 3.63) is 60.3 Å². The number of benzene rings is 1. The summed E-state index contributed by atoms with van der Waals surface area (Å²) in [5, 5.41) is 11.0. The van der Waals surface area contributed by atoms with Crippen LogP contribution in [0.2, 0.25) is 0 Å². The van der Waals surface area contributed by atoms with Crippen LogP contribution in [0.1, 0.15) is 12.7 Å². The van der Waals surface area contributed by atoms with Gasteiger partial charge in [-0.3, -0.25) is 4.72 Å². The first kappa shape index (κ1) is 19.7. The highest BCUT2D eigenvalue weighted by atomic mass is 32.2. The first-order chi connectivity index (χ1) is 13.4. The summed E-state index contributed by atoms with van der Waals surface area (Å²) in [6, 6.07) is 5.63. The highest BCUT2D eigenvalue weighted by Crippen LogP contribution is 2.18. The van der Waals surface area contributed by atoms with Crippen LogP contribution in [-0.2, 0) is 23.0 Å². The number of pyridine rings is 1. The number of sulfonamides is 1. The molecule has 0 amide bonds. The Kier molecular flexibility index (Phi) is 5.83. The third kappa shape index (κ3) is 4.60. The van der Waals surface area contributed by atoms with Crippen molar-refractivity contribution in [1.82, 2.24) is 19.7 Å². The summed E-state index contributed by atoms with van der Waals surface area (Å²) in [5.74, 6) is -0.867. The summed E-state index contributed by atoms with van der Waals surface area (Å²) < 4.78 is 55.0. The van der Waals surface area contributed by atoms with E-state index in [4.69, 9.17) is 0 Å². The van der Waals surface area contributed by atoms with Gasteiger partial charge in [0.25, 0.3) is 10.0 Å². The summed E-state index contributed by atoms with van der Waals surface area (Å²) in [7, 11) is -3.98. The summed E-state index contributed by atoms with van der Waals surface area (Å²) in [4.78, 5) is 3.97. The van der Waals surface area contributed by atoms with Gasteiger partial charge >= 0.3 is 0 Å². The Bertz CT molecular complexity index is 1050. The van der Waals surface area contributed by atoms with Gasteiger partial charge < -0.3 is 9.88 Å². The maximum atomic E-state index is 13.2. The van der Waals surface area contributed by atoms with Crippen LogP contribution in [0, 0.1) is 11.6 Å². The van der Waals surface area contributed by atoms with Gasteiger partial charge in [0.05, 0.1) is 5.69 Å². The smallest absolute Gasteiger partial charge is 0.263 e. The lowest BCUT2D eigenvalue weighted by atomic mass is 10.3. The Morgan fingerprint density at radius 2 is 1.96 bits per heavy atom. The second-order valence-corrected chi connectivity index (χ2v) is 7.51. The first-order valence-electron chi connectivity index (χ1n) is 8.43. The van der Waals surface area contributed by atoms with Gasteiger partial charge in [0.1, 0.15) is 22.9 Å². The van der Waals surface area contributed by atoms with E-state index >= 15 is 0 Å². The number of hydrogen-bond acceptors (Lipinski definition) is 6. The van der Waals surface area contributed by atoms with Crippen molar-refractivity contribution in [2.24, 2.45) is 0 Å². The van der Waals surface area contributed by atoms with Crippen LogP contribution in [0.4, 0.5) is 20.3 Å². The van der Waals surface area contributed by atoms with E-state index in [-0.39, 0.29) is 10.6 Å². The summed E-state index contributed by atoms with van der Waals surface area (Å²) >= 11 is 0. The molecule has 148 valence electrons. The van der Waals surface area contributed by atoms with Crippen LogP contribution in [0.15, 0.2) is 47.8 Å². The minimum absolute atomic E-state index is 0.0823. The van der Waals surface area contributed by atoms with Crippen LogP contribution in [0.3, 0.4) is 0 Å². The first-order valence-corrected chi connectivity index (χ1v) is 9.92. The Morgan fingerprint density at radius 1 is 1.14 bits per heavy atom. The van der Waals surface area contributed by atoms with E-state index in [0.717, 1.165) is 30.6 Å². The number of nitrogens with one attached hydrogen (secondary N) is 2. The van der Waals surface area contributed by atoms with Crippen molar-refractivity contribution in [2.45, 2.75) is 24.8 Å². The van der Waals surface area contributed by atoms with Crippen molar-refractivity contribution in [2.75, 3.05) is 16.6 Å². The number of aryl methyl sites for hydroxylation is 1. The average Bonchev–Trinajstić information content (AvgIpc) is 3.12. The maximum absolute atomic E-state index is 13.2. The van der Waals surface area contributed by atoms with Gasteiger partial charge in [0, 0.05) is 31.8 Å². The fourth-order valence-corrected chi connectivity index (χ4v) is 3.45. The molecule has 2 heterocycles. The molecule has 0 spiro atoms. The number of halogens is 2. The van der Waals surface area contributed by atoms with E-state index in [1.165, 1.54) is 18.3 Å². The number of rotatable bonds is 8. The molecule has 0 aliphatic rings. The van der Waals surface area contributed by atoms with Crippen LogP contribution >= 0.6 is 0 Å². The van der Waals surface area contributed by atoms with Crippen molar-refractivity contribution >= 4 is 21.5 Å². The van der Waals surface area contributed by atoms with Crippen LogP contribution < -0.4 is 10.0 Å². The number of nitrogens with zero attached hydrogens (tertiary/aromatic N) is 4. The molecule has 0 radical (unpaired) electrons. The fraction of sp³-hybridized carbons (Fsp3) is 0.235. The minimum atomic E-state index is -3.98. The molecular formula is C17H18F2N6O2S. The molecule has 0 saturated heterocycles. The van der Waals surface area contributed by atoms with Gasteiger partial charge in [-0.15, -0.1) is 10.2 Å². The molecule has 3 aromatic rings. The van der Waals surface area contributed by atoms with Crippen LogP contribution in [0.5, 0.6) is 0 Å². The quantitative estimate of drug-likeness (QED) is 0.594. The molecule has 28 heavy (non-hydrogen) atoms. The monoisotopic (exact) mass is 408 g/mol. The van der Waals surface area contributed by atoms with Crippen LogP contribution in [-0.4, -0.2) is 34.7 Å². The summed E-state index contributed by atoms with van der Waals surface area (Å²) in [6.07, 6.45) is 3.47. The molecule has 8 nitrogen and oxygen atoms in total. The molecular weight excluding hydrogens is 390 g/mol. The average molecular weight is 408 g/mol. The van der Waals surface area contributed by atoms with Gasteiger partial charge in [-0.1, -0.05) is 0 Å². The highest BCUT2D eigenvalue weighted by molar-refractivity contribution is 7.92. The zero-order valence-corrected chi connectivity index (χ0v) is 15.7. The molecule has 11 heteroatoms. The summed E-state index contributed by atoms with van der Waals surface area (Å²) in [5.41, 5.74) is -0.0823. The standard InChI is InChI=1S/C17H18F2N6O2S/c1-2-25-11-22-23-17(25)7-8-20-16-6-4-13(10-21-16)28(26,27)24-12-3-5-14(18)15(19)9-12/h3-6,9-11,24H,2,7-8H2,1H3,(H,20,21).